The minimum atomic E-state index is -0.554. The standard InChI is InChI=1S/C12H20N2O6/c13-7-9(15)1-3-11(17)19-5-6-20-12(18)4-2-10(16)8-14/h1-8,13-14H2. The number of hydrogen-bond donors (Lipinski definition) is 2. The molecule has 0 fully saturated rings. The molecule has 0 aromatic carbocycles. The summed E-state index contributed by atoms with van der Waals surface area (Å²) in [4.78, 5) is 44.0. The molecule has 0 unspecified atom stereocenters. The van der Waals surface area contributed by atoms with Gasteiger partial charge in [-0.15, -0.1) is 0 Å². The molecule has 0 aliphatic heterocycles. The van der Waals surface area contributed by atoms with Crippen LogP contribution in [0.3, 0.4) is 0 Å². The molecule has 0 amide bonds. The minimum Gasteiger partial charge on any atom is -0.462 e. The van der Waals surface area contributed by atoms with E-state index in [0.717, 1.165) is 0 Å². The van der Waals surface area contributed by atoms with Gasteiger partial charge in [-0.3, -0.25) is 19.2 Å². The molecule has 8 nitrogen and oxygen atoms in total. The van der Waals surface area contributed by atoms with Crippen molar-refractivity contribution in [3.05, 3.63) is 0 Å². The molecule has 0 aliphatic rings. The number of carbonyl (C=O) groups is 4. The van der Waals surface area contributed by atoms with E-state index in [0.29, 0.717) is 0 Å². The first-order chi connectivity index (χ1) is 9.49. The molecule has 0 aromatic heterocycles. The predicted octanol–water partition coefficient (Wildman–Crippen LogP) is -1.31. The molecule has 20 heavy (non-hydrogen) atoms. The Balaban J connectivity index is 3.55. The summed E-state index contributed by atoms with van der Waals surface area (Å²) in [7, 11) is 0. The Kier molecular flexibility index (Phi) is 10.1. The van der Waals surface area contributed by atoms with E-state index >= 15 is 0 Å². The summed E-state index contributed by atoms with van der Waals surface area (Å²) in [6.07, 6.45) is -0.0173. The zero-order valence-corrected chi connectivity index (χ0v) is 11.3. The highest BCUT2D eigenvalue weighted by molar-refractivity contribution is 5.84. The van der Waals surface area contributed by atoms with Crippen molar-refractivity contribution in [2.45, 2.75) is 25.7 Å². The number of rotatable bonds is 11. The Bertz CT molecular complexity index is 322. The van der Waals surface area contributed by atoms with E-state index in [1.807, 2.05) is 0 Å². The van der Waals surface area contributed by atoms with E-state index in [1.54, 1.807) is 0 Å². The quantitative estimate of drug-likeness (QED) is 0.353. The number of ketones is 2. The van der Waals surface area contributed by atoms with E-state index in [1.165, 1.54) is 0 Å². The van der Waals surface area contributed by atoms with Gasteiger partial charge in [0.05, 0.1) is 25.9 Å². The molecule has 0 atom stereocenters. The van der Waals surface area contributed by atoms with E-state index in [9.17, 15) is 19.2 Å². The third-order valence-corrected chi connectivity index (χ3v) is 2.28. The summed E-state index contributed by atoms with van der Waals surface area (Å²) in [5, 5.41) is 0. The summed E-state index contributed by atoms with van der Waals surface area (Å²) in [5.41, 5.74) is 10.2. The van der Waals surface area contributed by atoms with E-state index in [2.05, 4.69) is 0 Å². The Morgan fingerprint density at radius 1 is 0.650 bits per heavy atom. The van der Waals surface area contributed by atoms with Crippen molar-refractivity contribution in [1.82, 2.24) is 0 Å². The number of esters is 2. The van der Waals surface area contributed by atoms with Gasteiger partial charge in [-0.25, -0.2) is 0 Å². The van der Waals surface area contributed by atoms with Gasteiger partial charge < -0.3 is 20.9 Å². The van der Waals surface area contributed by atoms with Gasteiger partial charge in [0.25, 0.3) is 0 Å². The lowest BCUT2D eigenvalue weighted by atomic mass is 10.2. The van der Waals surface area contributed by atoms with Crippen LogP contribution >= 0.6 is 0 Å². The van der Waals surface area contributed by atoms with Gasteiger partial charge in [0.2, 0.25) is 0 Å². The van der Waals surface area contributed by atoms with Gasteiger partial charge in [0.15, 0.2) is 0 Å². The average molecular weight is 288 g/mol. The maximum absolute atomic E-state index is 11.1. The number of ether oxygens (including phenoxy) is 2. The van der Waals surface area contributed by atoms with Crippen molar-refractivity contribution < 1.29 is 28.7 Å². The zero-order valence-electron chi connectivity index (χ0n) is 11.3. The third-order valence-electron chi connectivity index (χ3n) is 2.28. The highest BCUT2D eigenvalue weighted by Gasteiger charge is 2.09. The number of Topliss-reactive ketones (excluding diaryl/α,β-unsaturated/α-hetero) is 2. The molecular formula is C12H20N2O6. The van der Waals surface area contributed by atoms with Crippen LogP contribution in [0.5, 0.6) is 0 Å². The highest BCUT2D eigenvalue weighted by Crippen LogP contribution is 1.96. The van der Waals surface area contributed by atoms with Crippen LogP contribution < -0.4 is 11.5 Å². The topological polar surface area (TPSA) is 139 Å². The van der Waals surface area contributed by atoms with Crippen molar-refractivity contribution in [2.24, 2.45) is 11.5 Å². The number of nitrogens with two attached hydrogens (primary N) is 2. The summed E-state index contributed by atoms with van der Waals surface area (Å²) < 4.78 is 9.48. The van der Waals surface area contributed by atoms with Crippen LogP contribution in [0.4, 0.5) is 0 Å². The van der Waals surface area contributed by atoms with Crippen molar-refractivity contribution >= 4 is 23.5 Å². The van der Waals surface area contributed by atoms with Gasteiger partial charge in [-0.1, -0.05) is 0 Å². The average Bonchev–Trinajstić information content (AvgIpc) is 2.46. The smallest absolute Gasteiger partial charge is 0.306 e. The van der Waals surface area contributed by atoms with Crippen LogP contribution in [0.15, 0.2) is 0 Å². The Labute approximate surface area is 116 Å². The molecule has 0 saturated carbocycles. The molecule has 0 aliphatic carbocycles. The fourth-order valence-corrected chi connectivity index (χ4v) is 1.14. The summed E-state index contributed by atoms with van der Waals surface area (Å²) >= 11 is 0. The Hall–Kier alpha value is -1.80. The van der Waals surface area contributed by atoms with Crippen molar-refractivity contribution in [3.8, 4) is 0 Å². The Morgan fingerprint density at radius 2 is 1.00 bits per heavy atom. The fraction of sp³-hybridized carbons (Fsp3) is 0.667. The van der Waals surface area contributed by atoms with Crippen LogP contribution in [-0.2, 0) is 28.7 Å². The molecule has 4 N–H and O–H groups in total. The molecule has 0 rings (SSSR count). The van der Waals surface area contributed by atoms with E-state index in [-0.39, 0.29) is 63.6 Å². The Morgan fingerprint density at radius 3 is 1.30 bits per heavy atom. The summed E-state index contributed by atoms with van der Waals surface area (Å²) in [5.74, 6) is -1.56. The maximum Gasteiger partial charge on any atom is 0.306 e. The van der Waals surface area contributed by atoms with Crippen LogP contribution in [-0.4, -0.2) is 49.8 Å². The first-order valence-corrected chi connectivity index (χ1v) is 6.24. The van der Waals surface area contributed by atoms with Gasteiger partial charge in [-0.2, -0.15) is 0 Å². The lowest BCUT2D eigenvalue weighted by Crippen LogP contribution is -2.18. The molecule has 0 radical (unpaired) electrons. The maximum atomic E-state index is 11.1. The molecule has 8 heteroatoms. The first kappa shape index (κ1) is 18.2. The van der Waals surface area contributed by atoms with Gasteiger partial charge in [0.1, 0.15) is 24.8 Å². The van der Waals surface area contributed by atoms with Gasteiger partial charge in [-0.05, 0) is 0 Å². The first-order valence-electron chi connectivity index (χ1n) is 6.24. The molecule has 0 heterocycles. The summed E-state index contributed by atoms with van der Waals surface area (Å²) in [6.45, 7) is -0.392. The SMILES string of the molecule is NCC(=O)CCC(=O)OCCOC(=O)CCC(=O)CN. The van der Waals surface area contributed by atoms with Crippen LogP contribution in [0.2, 0.25) is 0 Å². The zero-order chi connectivity index (χ0) is 15.4. The molecule has 0 spiro atoms. The molecular weight excluding hydrogens is 268 g/mol. The number of hydrogen-bond acceptors (Lipinski definition) is 8. The largest absolute Gasteiger partial charge is 0.462 e. The third kappa shape index (κ3) is 10.2. The normalized spacial score (nSPS) is 9.90. The molecule has 114 valence electrons. The van der Waals surface area contributed by atoms with Crippen molar-refractivity contribution in [2.75, 3.05) is 26.3 Å². The van der Waals surface area contributed by atoms with Crippen LogP contribution in [0.25, 0.3) is 0 Å². The van der Waals surface area contributed by atoms with E-state index in [4.69, 9.17) is 20.9 Å². The van der Waals surface area contributed by atoms with Gasteiger partial charge in [0, 0.05) is 12.8 Å². The van der Waals surface area contributed by atoms with Crippen LogP contribution in [0.1, 0.15) is 25.7 Å². The monoisotopic (exact) mass is 288 g/mol. The molecule has 0 bridgehead atoms. The summed E-state index contributed by atoms with van der Waals surface area (Å²) in [6, 6.07) is 0. The second-order valence-electron chi connectivity index (χ2n) is 3.93. The lowest BCUT2D eigenvalue weighted by Gasteiger charge is -2.06. The fourth-order valence-electron chi connectivity index (χ4n) is 1.14. The number of carbonyl (C=O) groups excluding carboxylic acids is 4. The lowest BCUT2D eigenvalue weighted by molar-refractivity contribution is -0.152. The minimum absolute atomic E-state index is 0.0380. The second-order valence-corrected chi connectivity index (χ2v) is 3.93. The van der Waals surface area contributed by atoms with Crippen molar-refractivity contribution in [1.29, 1.82) is 0 Å². The highest BCUT2D eigenvalue weighted by atomic mass is 16.6. The predicted molar refractivity (Wildman–Crippen MR) is 68.5 cm³/mol. The van der Waals surface area contributed by atoms with E-state index < -0.39 is 11.9 Å². The van der Waals surface area contributed by atoms with Crippen molar-refractivity contribution in [3.63, 3.8) is 0 Å². The van der Waals surface area contributed by atoms with Gasteiger partial charge >= 0.3 is 11.9 Å². The second kappa shape index (κ2) is 11.1. The molecule has 0 saturated heterocycles. The van der Waals surface area contributed by atoms with Crippen LogP contribution in [0, 0.1) is 0 Å². The molecule has 0 aromatic rings.